The molecule has 1 N–H and O–H groups in total. The molecular weight excluding hydrogens is 354 g/mol. The van der Waals surface area contributed by atoms with Gasteiger partial charge in [0, 0.05) is 0 Å². The first kappa shape index (κ1) is 21.5. The molecule has 0 aromatic heterocycles. The first-order valence-electron chi connectivity index (χ1n) is 9.69. The van der Waals surface area contributed by atoms with E-state index in [4.69, 9.17) is 9.47 Å². The second-order valence-electron chi connectivity index (χ2n) is 7.19. The van der Waals surface area contributed by atoms with Crippen LogP contribution >= 0.6 is 0 Å². The van der Waals surface area contributed by atoms with E-state index in [1.807, 2.05) is 32.9 Å². The number of carbonyl (C=O) groups is 2. The molecule has 0 heterocycles. The van der Waals surface area contributed by atoms with Gasteiger partial charge in [0.25, 0.3) is 0 Å². The summed E-state index contributed by atoms with van der Waals surface area (Å²) < 4.78 is 10.4. The van der Waals surface area contributed by atoms with Crippen LogP contribution in [0.2, 0.25) is 0 Å². The molecule has 0 atom stereocenters. The van der Waals surface area contributed by atoms with Gasteiger partial charge in [-0.15, -0.1) is 0 Å². The Kier molecular flexibility index (Phi) is 7.61. The Hall–Kier alpha value is -2.82. The summed E-state index contributed by atoms with van der Waals surface area (Å²) in [5, 5.41) is 4.90. The van der Waals surface area contributed by atoms with E-state index in [-0.39, 0.29) is 12.3 Å². The number of hydrogen-bond acceptors (Lipinski definition) is 4. The first-order valence-corrected chi connectivity index (χ1v) is 9.69. The number of amides is 1. The van der Waals surface area contributed by atoms with Crippen LogP contribution < -0.4 is 5.32 Å². The lowest BCUT2D eigenvalue weighted by molar-refractivity contribution is -0.139. The van der Waals surface area contributed by atoms with Crippen LogP contribution in [-0.2, 0) is 20.7 Å². The van der Waals surface area contributed by atoms with Gasteiger partial charge < -0.3 is 9.47 Å². The zero-order valence-corrected chi connectivity index (χ0v) is 17.1. The monoisotopic (exact) mass is 383 g/mol. The van der Waals surface area contributed by atoms with E-state index in [1.165, 1.54) is 10.8 Å². The maximum absolute atomic E-state index is 12.2. The average molecular weight is 383 g/mol. The summed E-state index contributed by atoms with van der Waals surface area (Å²) >= 11 is 0. The van der Waals surface area contributed by atoms with E-state index in [9.17, 15) is 9.59 Å². The van der Waals surface area contributed by atoms with Crippen LogP contribution in [0.4, 0.5) is 4.79 Å². The SMILES string of the molecule is CCOC(=O)/C(=C/CCc1ccc2ccccc2c1)NC(=O)OC(C)(C)CC. The van der Waals surface area contributed by atoms with Crippen LogP contribution in [0.15, 0.2) is 54.2 Å². The second-order valence-corrected chi connectivity index (χ2v) is 7.19. The minimum absolute atomic E-state index is 0.111. The molecule has 0 spiro atoms. The Balaban J connectivity index is 2.05. The van der Waals surface area contributed by atoms with Gasteiger partial charge in [0.05, 0.1) is 6.61 Å². The molecule has 5 nitrogen and oxygen atoms in total. The van der Waals surface area contributed by atoms with Gasteiger partial charge in [0.15, 0.2) is 0 Å². The average Bonchev–Trinajstić information content (AvgIpc) is 2.67. The number of ether oxygens (including phenoxy) is 2. The number of nitrogens with one attached hydrogen (secondary N) is 1. The Labute approximate surface area is 166 Å². The number of allylic oxidation sites excluding steroid dienone is 1. The quantitative estimate of drug-likeness (QED) is 0.507. The summed E-state index contributed by atoms with van der Waals surface area (Å²) in [6.45, 7) is 7.53. The molecule has 0 saturated heterocycles. The second kappa shape index (κ2) is 9.93. The predicted molar refractivity (Wildman–Crippen MR) is 111 cm³/mol. The van der Waals surface area contributed by atoms with E-state index in [1.54, 1.807) is 13.0 Å². The minimum Gasteiger partial charge on any atom is -0.461 e. The highest BCUT2D eigenvalue weighted by atomic mass is 16.6. The number of benzene rings is 2. The molecule has 0 bridgehead atoms. The lowest BCUT2D eigenvalue weighted by Gasteiger charge is -2.23. The number of alkyl carbamates (subject to hydrolysis) is 1. The van der Waals surface area contributed by atoms with Crippen molar-refractivity contribution in [3.05, 3.63) is 59.8 Å². The smallest absolute Gasteiger partial charge is 0.412 e. The fraction of sp³-hybridized carbons (Fsp3) is 0.391. The highest BCUT2D eigenvalue weighted by Gasteiger charge is 2.22. The van der Waals surface area contributed by atoms with Crippen LogP contribution in [0, 0.1) is 0 Å². The summed E-state index contributed by atoms with van der Waals surface area (Å²) in [4.78, 5) is 24.3. The molecule has 2 rings (SSSR count). The zero-order chi connectivity index (χ0) is 20.6. The van der Waals surface area contributed by atoms with Crippen LogP contribution in [-0.4, -0.2) is 24.3 Å². The van der Waals surface area contributed by atoms with Crippen molar-refractivity contribution >= 4 is 22.8 Å². The van der Waals surface area contributed by atoms with Crippen molar-refractivity contribution in [1.29, 1.82) is 0 Å². The highest BCUT2D eigenvalue weighted by molar-refractivity contribution is 5.92. The number of hydrogen-bond donors (Lipinski definition) is 1. The minimum atomic E-state index is -0.656. The van der Waals surface area contributed by atoms with Crippen molar-refractivity contribution in [2.45, 2.75) is 52.6 Å². The Morgan fingerprint density at radius 3 is 2.46 bits per heavy atom. The highest BCUT2D eigenvalue weighted by Crippen LogP contribution is 2.17. The van der Waals surface area contributed by atoms with Crippen molar-refractivity contribution in [3.63, 3.8) is 0 Å². The maximum Gasteiger partial charge on any atom is 0.412 e. The molecule has 28 heavy (non-hydrogen) atoms. The van der Waals surface area contributed by atoms with Crippen LogP contribution in [0.5, 0.6) is 0 Å². The van der Waals surface area contributed by atoms with Crippen molar-refractivity contribution in [1.82, 2.24) is 5.32 Å². The summed E-state index contributed by atoms with van der Waals surface area (Å²) in [6.07, 6.45) is 3.03. The lowest BCUT2D eigenvalue weighted by atomic mass is 10.0. The third kappa shape index (κ3) is 6.41. The standard InChI is InChI=1S/C23H29NO4/c1-5-23(3,4)28-22(26)24-20(21(25)27-6-2)13-9-10-17-14-15-18-11-7-8-12-19(18)16-17/h7-8,11-16H,5-6,9-10H2,1-4H3,(H,24,26)/b20-13-. The third-order valence-corrected chi connectivity index (χ3v) is 4.55. The van der Waals surface area contributed by atoms with E-state index >= 15 is 0 Å². The molecule has 2 aromatic rings. The predicted octanol–water partition coefficient (Wildman–Crippen LogP) is 5.13. The van der Waals surface area contributed by atoms with E-state index in [0.717, 1.165) is 12.0 Å². The van der Waals surface area contributed by atoms with E-state index in [2.05, 4.69) is 35.6 Å². The van der Waals surface area contributed by atoms with Gasteiger partial charge in [-0.05, 0) is 56.4 Å². The fourth-order valence-corrected chi connectivity index (χ4v) is 2.63. The van der Waals surface area contributed by atoms with Gasteiger partial charge in [-0.1, -0.05) is 55.5 Å². The maximum atomic E-state index is 12.2. The van der Waals surface area contributed by atoms with Crippen LogP contribution in [0.3, 0.4) is 0 Å². The zero-order valence-electron chi connectivity index (χ0n) is 17.1. The molecule has 0 unspecified atom stereocenters. The summed E-state index contributed by atoms with van der Waals surface area (Å²) in [5.74, 6) is -0.563. The number of esters is 1. The number of rotatable bonds is 8. The molecule has 5 heteroatoms. The van der Waals surface area contributed by atoms with Crippen molar-refractivity contribution < 1.29 is 19.1 Å². The molecule has 0 aliphatic rings. The van der Waals surface area contributed by atoms with Gasteiger partial charge >= 0.3 is 12.1 Å². The molecule has 1 amide bonds. The molecule has 0 aliphatic heterocycles. The molecule has 150 valence electrons. The normalized spacial score (nSPS) is 11.9. The van der Waals surface area contributed by atoms with E-state index < -0.39 is 17.7 Å². The van der Waals surface area contributed by atoms with E-state index in [0.29, 0.717) is 12.8 Å². The topological polar surface area (TPSA) is 64.6 Å². The molecule has 0 aliphatic carbocycles. The van der Waals surface area contributed by atoms with Crippen LogP contribution in [0.25, 0.3) is 10.8 Å². The summed E-state index contributed by atoms with van der Waals surface area (Å²) in [6, 6.07) is 14.5. The molecule has 0 saturated carbocycles. The lowest BCUT2D eigenvalue weighted by Crippen LogP contribution is -2.36. The number of aryl methyl sites for hydroxylation is 1. The van der Waals surface area contributed by atoms with Gasteiger partial charge in [-0.2, -0.15) is 0 Å². The fourth-order valence-electron chi connectivity index (χ4n) is 2.63. The largest absolute Gasteiger partial charge is 0.461 e. The first-order chi connectivity index (χ1) is 13.3. The van der Waals surface area contributed by atoms with Crippen molar-refractivity contribution in [2.75, 3.05) is 6.61 Å². The molecular formula is C23H29NO4. The van der Waals surface area contributed by atoms with Crippen LogP contribution in [0.1, 0.15) is 46.1 Å². The molecule has 0 radical (unpaired) electrons. The Bertz CT molecular complexity index is 855. The molecule has 0 fully saturated rings. The molecule has 2 aromatic carbocycles. The van der Waals surface area contributed by atoms with Crippen molar-refractivity contribution in [2.24, 2.45) is 0 Å². The summed E-state index contributed by atoms with van der Waals surface area (Å²) in [7, 11) is 0. The van der Waals surface area contributed by atoms with Gasteiger partial charge in [-0.25, -0.2) is 9.59 Å². The van der Waals surface area contributed by atoms with Crippen molar-refractivity contribution in [3.8, 4) is 0 Å². The number of carbonyl (C=O) groups excluding carboxylic acids is 2. The van der Waals surface area contributed by atoms with Gasteiger partial charge in [0.2, 0.25) is 0 Å². The summed E-state index contributed by atoms with van der Waals surface area (Å²) in [5.41, 5.74) is 0.669. The van der Waals surface area contributed by atoms with Gasteiger partial charge in [-0.3, -0.25) is 5.32 Å². The third-order valence-electron chi connectivity index (χ3n) is 4.55. The Morgan fingerprint density at radius 1 is 1.07 bits per heavy atom. The van der Waals surface area contributed by atoms with Gasteiger partial charge in [0.1, 0.15) is 11.3 Å². The Morgan fingerprint density at radius 2 is 1.79 bits per heavy atom. The number of fused-ring (bicyclic) bond motifs is 1.